The Morgan fingerprint density at radius 1 is 1.00 bits per heavy atom. The number of hydrogen-bond acceptors (Lipinski definition) is 4. The van der Waals surface area contributed by atoms with Crippen LogP contribution in [0.25, 0.3) is 11.5 Å². The standard InChI is InChI=1S/C16H14N2O2/c1-11-6-5-9-13(10-11)14(19)16-18-17-15(20-16)12-7-3-2-4-8-12/h2-10,14,19H,1H3/t14-/m0/s1. The molecule has 0 unspecified atom stereocenters. The maximum absolute atomic E-state index is 10.3. The first-order chi connectivity index (χ1) is 9.74. The molecular weight excluding hydrogens is 252 g/mol. The Balaban J connectivity index is 1.90. The second kappa shape index (κ2) is 5.27. The van der Waals surface area contributed by atoms with Gasteiger partial charge in [-0.1, -0.05) is 48.0 Å². The van der Waals surface area contributed by atoms with Crippen molar-refractivity contribution in [3.05, 3.63) is 71.6 Å². The molecular formula is C16H14N2O2. The van der Waals surface area contributed by atoms with Crippen molar-refractivity contribution in [1.82, 2.24) is 10.2 Å². The fourth-order valence-corrected chi connectivity index (χ4v) is 2.03. The van der Waals surface area contributed by atoms with Crippen LogP contribution in [0.3, 0.4) is 0 Å². The summed E-state index contributed by atoms with van der Waals surface area (Å²) in [5, 5.41) is 18.2. The SMILES string of the molecule is Cc1cccc([C@H](O)c2nnc(-c3ccccc3)o2)c1. The van der Waals surface area contributed by atoms with Crippen molar-refractivity contribution in [2.75, 3.05) is 0 Å². The molecule has 0 amide bonds. The Morgan fingerprint density at radius 3 is 2.55 bits per heavy atom. The molecule has 0 aliphatic carbocycles. The second-order valence-corrected chi connectivity index (χ2v) is 4.63. The van der Waals surface area contributed by atoms with Gasteiger partial charge in [-0.2, -0.15) is 0 Å². The van der Waals surface area contributed by atoms with E-state index in [-0.39, 0.29) is 5.89 Å². The quantitative estimate of drug-likeness (QED) is 0.791. The predicted octanol–water partition coefficient (Wildman–Crippen LogP) is 3.13. The molecule has 4 nitrogen and oxygen atoms in total. The van der Waals surface area contributed by atoms with Crippen molar-refractivity contribution in [1.29, 1.82) is 0 Å². The Kier molecular flexibility index (Phi) is 3.31. The first-order valence-electron chi connectivity index (χ1n) is 6.37. The first kappa shape index (κ1) is 12.6. The molecule has 4 heteroatoms. The molecule has 0 spiro atoms. The lowest BCUT2D eigenvalue weighted by atomic mass is 10.1. The molecule has 2 aromatic carbocycles. The summed E-state index contributed by atoms with van der Waals surface area (Å²) < 4.78 is 5.55. The number of rotatable bonds is 3. The molecule has 0 aliphatic heterocycles. The largest absolute Gasteiger partial charge is 0.417 e. The summed E-state index contributed by atoms with van der Waals surface area (Å²) in [5.41, 5.74) is 2.65. The molecule has 1 N–H and O–H groups in total. The maximum Gasteiger partial charge on any atom is 0.249 e. The summed E-state index contributed by atoms with van der Waals surface area (Å²) >= 11 is 0. The van der Waals surface area contributed by atoms with E-state index in [1.54, 1.807) is 0 Å². The zero-order valence-electron chi connectivity index (χ0n) is 11.0. The fourth-order valence-electron chi connectivity index (χ4n) is 2.03. The smallest absolute Gasteiger partial charge is 0.249 e. The highest BCUT2D eigenvalue weighted by Gasteiger charge is 2.18. The molecule has 20 heavy (non-hydrogen) atoms. The van der Waals surface area contributed by atoms with Crippen LogP contribution >= 0.6 is 0 Å². The van der Waals surface area contributed by atoms with E-state index in [9.17, 15) is 5.11 Å². The van der Waals surface area contributed by atoms with Crippen LogP contribution < -0.4 is 0 Å². The summed E-state index contributed by atoms with van der Waals surface area (Å²) in [7, 11) is 0. The van der Waals surface area contributed by atoms with Gasteiger partial charge in [-0.05, 0) is 24.6 Å². The van der Waals surface area contributed by atoms with Gasteiger partial charge in [-0.3, -0.25) is 0 Å². The van der Waals surface area contributed by atoms with Gasteiger partial charge in [-0.15, -0.1) is 10.2 Å². The molecule has 0 saturated carbocycles. The molecule has 1 atom stereocenters. The van der Waals surface area contributed by atoms with E-state index in [0.29, 0.717) is 5.89 Å². The average Bonchev–Trinajstić information content (AvgIpc) is 2.97. The molecule has 3 rings (SSSR count). The van der Waals surface area contributed by atoms with Crippen LogP contribution in [0.15, 0.2) is 59.0 Å². The zero-order chi connectivity index (χ0) is 13.9. The predicted molar refractivity (Wildman–Crippen MR) is 75.0 cm³/mol. The maximum atomic E-state index is 10.3. The number of hydrogen-bond donors (Lipinski definition) is 1. The van der Waals surface area contributed by atoms with E-state index in [2.05, 4.69) is 10.2 Å². The van der Waals surface area contributed by atoms with Gasteiger partial charge in [0.05, 0.1) is 0 Å². The summed E-state index contributed by atoms with van der Waals surface area (Å²) in [4.78, 5) is 0. The topological polar surface area (TPSA) is 59.2 Å². The van der Waals surface area contributed by atoms with Crippen molar-refractivity contribution in [2.45, 2.75) is 13.0 Å². The lowest BCUT2D eigenvalue weighted by molar-refractivity contribution is 0.183. The molecule has 0 fully saturated rings. The molecule has 0 aliphatic rings. The van der Waals surface area contributed by atoms with Crippen molar-refractivity contribution in [3.63, 3.8) is 0 Å². The van der Waals surface area contributed by atoms with Gasteiger partial charge in [0.2, 0.25) is 11.8 Å². The van der Waals surface area contributed by atoms with Crippen molar-refractivity contribution in [2.24, 2.45) is 0 Å². The van der Waals surface area contributed by atoms with Crippen molar-refractivity contribution >= 4 is 0 Å². The van der Waals surface area contributed by atoms with Gasteiger partial charge in [0.1, 0.15) is 0 Å². The van der Waals surface area contributed by atoms with Gasteiger partial charge in [-0.25, -0.2) is 0 Å². The third kappa shape index (κ3) is 2.46. The van der Waals surface area contributed by atoms with Crippen molar-refractivity contribution < 1.29 is 9.52 Å². The Bertz CT molecular complexity index is 707. The number of aryl methyl sites for hydroxylation is 1. The second-order valence-electron chi connectivity index (χ2n) is 4.63. The number of aliphatic hydroxyl groups is 1. The highest BCUT2D eigenvalue weighted by Crippen LogP contribution is 2.25. The van der Waals surface area contributed by atoms with E-state index in [1.807, 2.05) is 61.5 Å². The fraction of sp³-hybridized carbons (Fsp3) is 0.125. The lowest BCUT2D eigenvalue weighted by Crippen LogP contribution is -2.00. The minimum absolute atomic E-state index is 0.203. The third-order valence-corrected chi connectivity index (χ3v) is 3.05. The van der Waals surface area contributed by atoms with E-state index >= 15 is 0 Å². The van der Waals surface area contributed by atoms with Crippen molar-refractivity contribution in [3.8, 4) is 11.5 Å². The number of benzene rings is 2. The van der Waals surface area contributed by atoms with Crippen LogP contribution in [0.5, 0.6) is 0 Å². The molecule has 0 saturated heterocycles. The minimum Gasteiger partial charge on any atom is -0.417 e. The summed E-state index contributed by atoms with van der Waals surface area (Å²) in [5.74, 6) is 0.613. The third-order valence-electron chi connectivity index (χ3n) is 3.05. The van der Waals surface area contributed by atoms with Gasteiger partial charge in [0.15, 0.2) is 6.10 Å². The average molecular weight is 266 g/mol. The number of aromatic nitrogens is 2. The highest BCUT2D eigenvalue weighted by atomic mass is 16.4. The van der Waals surface area contributed by atoms with Gasteiger partial charge in [0.25, 0.3) is 0 Å². The van der Waals surface area contributed by atoms with Gasteiger partial charge < -0.3 is 9.52 Å². The molecule has 1 heterocycles. The summed E-state index contributed by atoms with van der Waals surface area (Å²) in [6.45, 7) is 1.97. The zero-order valence-corrected chi connectivity index (χ0v) is 11.0. The van der Waals surface area contributed by atoms with Crippen LogP contribution in [0.4, 0.5) is 0 Å². The minimum atomic E-state index is -0.903. The van der Waals surface area contributed by atoms with E-state index < -0.39 is 6.10 Å². The molecule has 0 radical (unpaired) electrons. The Labute approximate surface area is 116 Å². The molecule has 0 bridgehead atoms. The van der Waals surface area contributed by atoms with E-state index in [1.165, 1.54) is 0 Å². The first-order valence-corrected chi connectivity index (χ1v) is 6.37. The van der Waals surface area contributed by atoms with Crippen LogP contribution in [-0.2, 0) is 0 Å². The van der Waals surface area contributed by atoms with Crippen LogP contribution in [0.1, 0.15) is 23.1 Å². The molecule has 100 valence electrons. The summed E-state index contributed by atoms with van der Waals surface area (Å²) in [6.07, 6.45) is -0.903. The highest BCUT2D eigenvalue weighted by molar-refractivity contribution is 5.51. The molecule has 3 aromatic rings. The Hall–Kier alpha value is -2.46. The van der Waals surface area contributed by atoms with Crippen LogP contribution in [-0.4, -0.2) is 15.3 Å². The normalized spacial score (nSPS) is 12.3. The lowest BCUT2D eigenvalue weighted by Gasteiger charge is -2.06. The monoisotopic (exact) mass is 266 g/mol. The molecule has 1 aromatic heterocycles. The number of nitrogens with zero attached hydrogens (tertiary/aromatic N) is 2. The summed E-state index contributed by atoms with van der Waals surface area (Å²) in [6, 6.07) is 17.1. The van der Waals surface area contributed by atoms with Crippen LogP contribution in [0, 0.1) is 6.92 Å². The number of aliphatic hydroxyl groups excluding tert-OH is 1. The van der Waals surface area contributed by atoms with E-state index in [0.717, 1.165) is 16.7 Å². The van der Waals surface area contributed by atoms with Crippen LogP contribution in [0.2, 0.25) is 0 Å². The van der Waals surface area contributed by atoms with Gasteiger partial charge in [0, 0.05) is 5.56 Å². The van der Waals surface area contributed by atoms with Gasteiger partial charge >= 0.3 is 0 Å². The Morgan fingerprint density at radius 2 is 1.80 bits per heavy atom. The van der Waals surface area contributed by atoms with E-state index in [4.69, 9.17) is 4.42 Å².